The van der Waals surface area contributed by atoms with Crippen molar-refractivity contribution in [2.24, 2.45) is 0 Å². The van der Waals surface area contributed by atoms with E-state index in [2.05, 4.69) is 15.4 Å². The topological polar surface area (TPSA) is 63.1 Å². The van der Waals surface area contributed by atoms with Gasteiger partial charge in [-0.1, -0.05) is 36.2 Å². The number of likely N-dealkylation sites (tertiary alicyclic amines) is 1. The molecule has 0 spiro atoms. The van der Waals surface area contributed by atoms with E-state index < -0.39 is 0 Å². The van der Waals surface area contributed by atoms with Gasteiger partial charge in [0.1, 0.15) is 11.5 Å². The van der Waals surface area contributed by atoms with E-state index in [4.69, 9.17) is 23.2 Å². The highest BCUT2D eigenvalue weighted by atomic mass is 35.5. The van der Waals surface area contributed by atoms with Crippen molar-refractivity contribution in [1.29, 1.82) is 0 Å². The predicted octanol–water partition coefficient (Wildman–Crippen LogP) is 3.10. The highest BCUT2D eigenvalue weighted by molar-refractivity contribution is 6.37. The van der Waals surface area contributed by atoms with Crippen molar-refractivity contribution in [3.8, 4) is 5.69 Å². The number of carbonyl (C=O) groups is 1. The molecule has 0 aliphatic carbocycles. The van der Waals surface area contributed by atoms with Crippen LogP contribution >= 0.6 is 23.2 Å². The zero-order valence-electron chi connectivity index (χ0n) is 14.6. The Kier molecular flexibility index (Phi) is 4.90. The average molecular weight is 394 g/mol. The van der Waals surface area contributed by atoms with Crippen LogP contribution in [0.1, 0.15) is 42.6 Å². The molecule has 1 N–H and O–H groups in total. The van der Waals surface area contributed by atoms with Gasteiger partial charge in [-0.15, -0.1) is 5.10 Å². The molecular formula is C18H21Cl2N5O. The summed E-state index contributed by atoms with van der Waals surface area (Å²) in [4.78, 5) is 19.3. The second-order valence-corrected chi connectivity index (χ2v) is 7.68. The van der Waals surface area contributed by atoms with Gasteiger partial charge in [0, 0.05) is 31.6 Å². The number of nitrogens with one attached hydrogen (secondary N) is 1. The minimum absolute atomic E-state index is 0.129. The Balaban J connectivity index is 1.65. The fraction of sp³-hybridized carbons (Fsp3) is 0.500. The summed E-state index contributed by atoms with van der Waals surface area (Å²) in [5, 5.41) is 9.01. The van der Waals surface area contributed by atoms with Crippen LogP contribution in [0.5, 0.6) is 0 Å². The fourth-order valence-corrected chi connectivity index (χ4v) is 4.36. The minimum Gasteiger partial charge on any atom is -0.334 e. The van der Waals surface area contributed by atoms with Crippen molar-refractivity contribution < 1.29 is 4.79 Å². The number of fused-ring (bicyclic) bond motifs is 2. The van der Waals surface area contributed by atoms with Crippen molar-refractivity contribution in [3.05, 3.63) is 39.9 Å². The lowest BCUT2D eigenvalue weighted by atomic mass is 10.1. The van der Waals surface area contributed by atoms with Crippen molar-refractivity contribution in [1.82, 2.24) is 25.0 Å². The molecule has 2 unspecified atom stereocenters. The number of hydrogen-bond acceptors (Lipinski definition) is 4. The number of aromatic nitrogens is 3. The summed E-state index contributed by atoms with van der Waals surface area (Å²) in [6, 6.07) is 6.18. The zero-order valence-corrected chi connectivity index (χ0v) is 16.1. The summed E-state index contributed by atoms with van der Waals surface area (Å²) < 4.78 is 1.60. The first-order valence-electron chi connectivity index (χ1n) is 9.02. The summed E-state index contributed by atoms with van der Waals surface area (Å²) in [5.41, 5.74) is 0.566. The second kappa shape index (κ2) is 7.18. The van der Waals surface area contributed by atoms with Gasteiger partial charge in [-0.05, 0) is 31.4 Å². The number of nitrogens with zero attached hydrogens (tertiary/aromatic N) is 4. The molecule has 2 aliphatic heterocycles. The molecule has 26 heavy (non-hydrogen) atoms. The lowest BCUT2D eigenvalue weighted by molar-refractivity contribution is 0.0736. The van der Waals surface area contributed by atoms with Crippen molar-refractivity contribution >= 4 is 29.1 Å². The van der Waals surface area contributed by atoms with E-state index in [1.165, 1.54) is 6.42 Å². The van der Waals surface area contributed by atoms with Crippen molar-refractivity contribution in [2.75, 3.05) is 13.1 Å². The van der Waals surface area contributed by atoms with Gasteiger partial charge in [-0.25, -0.2) is 9.67 Å². The third-order valence-corrected chi connectivity index (χ3v) is 5.75. The van der Waals surface area contributed by atoms with Crippen LogP contribution in [0.3, 0.4) is 0 Å². The molecule has 1 aromatic heterocycles. The Morgan fingerprint density at radius 2 is 1.96 bits per heavy atom. The third-order valence-electron chi connectivity index (χ3n) is 5.14. The van der Waals surface area contributed by atoms with Crippen LogP contribution < -0.4 is 5.32 Å². The minimum atomic E-state index is -0.129. The quantitative estimate of drug-likeness (QED) is 0.869. The predicted molar refractivity (Wildman–Crippen MR) is 101 cm³/mol. The summed E-state index contributed by atoms with van der Waals surface area (Å²) in [6.07, 6.45) is 3.91. The molecule has 0 saturated carbocycles. The monoisotopic (exact) mass is 393 g/mol. The van der Waals surface area contributed by atoms with E-state index in [1.807, 2.05) is 11.8 Å². The lowest BCUT2D eigenvalue weighted by Crippen LogP contribution is -2.39. The highest BCUT2D eigenvalue weighted by Crippen LogP contribution is 2.29. The van der Waals surface area contributed by atoms with Crippen LogP contribution in [0, 0.1) is 0 Å². The average Bonchev–Trinajstić information content (AvgIpc) is 3.17. The van der Waals surface area contributed by atoms with Crippen LogP contribution in [0.25, 0.3) is 5.69 Å². The molecule has 2 aromatic rings. The van der Waals surface area contributed by atoms with Gasteiger partial charge in [0.25, 0.3) is 5.91 Å². The number of aryl methyl sites for hydroxylation is 1. The molecule has 6 nitrogen and oxygen atoms in total. The molecular weight excluding hydrogens is 373 g/mol. The molecule has 8 heteroatoms. The summed E-state index contributed by atoms with van der Waals surface area (Å²) in [5.74, 6) is 0.740. The molecule has 4 rings (SSSR count). The molecule has 2 bridgehead atoms. The van der Waals surface area contributed by atoms with Gasteiger partial charge in [-0.2, -0.15) is 0 Å². The van der Waals surface area contributed by atoms with Crippen LogP contribution in [0.15, 0.2) is 18.2 Å². The number of carbonyl (C=O) groups excluding carboxylic acids is 1. The second-order valence-electron chi connectivity index (χ2n) is 6.86. The van der Waals surface area contributed by atoms with Gasteiger partial charge in [-0.3, -0.25) is 4.79 Å². The Labute approximate surface area is 162 Å². The smallest absolute Gasteiger partial charge is 0.293 e. The number of hydrogen-bond donors (Lipinski definition) is 1. The van der Waals surface area contributed by atoms with E-state index in [9.17, 15) is 4.79 Å². The fourth-order valence-electron chi connectivity index (χ4n) is 3.80. The first kappa shape index (κ1) is 17.8. The van der Waals surface area contributed by atoms with Crippen molar-refractivity contribution in [2.45, 2.75) is 44.7 Å². The molecule has 3 heterocycles. The summed E-state index contributed by atoms with van der Waals surface area (Å²) in [6.45, 7) is 3.41. The Morgan fingerprint density at radius 3 is 2.69 bits per heavy atom. The Morgan fingerprint density at radius 1 is 1.23 bits per heavy atom. The molecule has 2 aliphatic rings. The van der Waals surface area contributed by atoms with Crippen molar-refractivity contribution in [3.63, 3.8) is 0 Å². The largest absolute Gasteiger partial charge is 0.334 e. The van der Waals surface area contributed by atoms with Crippen LogP contribution in [-0.2, 0) is 6.42 Å². The maximum absolute atomic E-state index is 13.0. The standard InChI is InChI=1S/C18H21Cl2N5O/c1-2-15-22-17(23-25(15)16-13(19)4-3-5-14(16)20)18(26)24-9-8-11-6-7-12(10-24)21-11/h3-5,11-12,21H,2,6-10H2,1H3. The Bertz CT molecular complexity index is 817. The number of rotatable bonds is 3. The lowest BCUT2D eigenvalue weighted by Gasteiger charge is -2.22. The van der Waals surface area contributed by atoms with E-state index in [-0.39, 0.29) is 11.7 Å². The van der Waals surface area contributed by atoms with Gasteiger partial charge in [0.05, 0.1) is 10.0 Å². The molecule has 2 atom stereocenters. The van der Waals surface area contributed by atoms with Gasteiger partial charge in [0.2, 0.25) is 5.82 Å². The molecule has 138 valence electrons. The van der Waals surface area contributed by atoms with Gasteiger partial charge < -0.3 is 10.2 Å². The van der Waals surface area contributed by atoms with E-state index in [0.717, 1.165) is 19.4 Å². The molecule has 2 saturated heterocycles. The Hall–Kier alpha value is -1.63. The summed E-state index contributed by atoms with van der Waals surface area (Å²) >= 11 is 12.6. The number of halogens is 2. The third kappa shape index (κ3) is 3.21. The van der Waals surface area contributed by atoms with Crippen LogP contribution in [0.4, 0.5) is 0 Å². The first-order valence-corrected chi connectivity index (χ1v) is 9.78. The molecule has 2 fully saturated rings. The van der Waals surface area contributed by atoms with E-state index in [0.29, 0.717) is 46.6 Å². The zero-order chi connectivity index (χ0) is 18.3. The van der Waals surface area contributed by atoms with Crippen LogP contribution in [-0.4, -0.2) is 50.7 Å². The van der Waals surface area contributed by atoms with Gasteiger partial charge in [0.15, 0.2) is 0 Å². The normalized spacial score (nSPS) is 22.5. The van der Waals surface area contributed by atoms with E-state index >= 15 is 0 Å². The van der Waals surface area contributed by atoms with Gasteiger partial charge >= 0.3 is 0 Å². The molecule has 0 radical (unpaired) electrons. The maximum atomic E-state index is 13.0. The number of amides is 1. The maximum Gasteiger partial charge on any atom is 0.293 e. The highest BCUT2D eigenvalue weighted by Gasteiger charge is 2.33. The summed E-state index contributed by atoms with van der Waals surface area (Å²) in [7, 11) is 0. The SMILES string of the molecule is CCc1nc(C(=O)N2CCC3CCC(C2)N3)nn1-c1c(Cl)cccc1Cl. The molecule has 1 amide bonds. The number of para-hydroxylation sites is 1. The van der Waals surface area contributed by atoms with Crippen LogP contribution in [0.2, 0.25) is 10.0 Å². The molecule has 1 aromatic carbocycles. The number of benzene rings is 1. The first-order chi connectivity index (χ1) is 12.6. The van der Waals surface area contributed by atoms with E-state index in [1.54, 1.807) is 22.9 Å².